The van der Waals surface area contributed by atoms with E-state index in [4.69, 9.17) is 11.6 Å². The minimum absolute atomic E-state index is 0.346. The highest BCUT2D eigenvalue weighted by Crippen LogP contribution is 2.25. The Kier molecular flexibility index (Phi) is 4.98. The number of halogens is 2. The molecule has 2 aromatic rings. The molecule has 2 rings (SSSR count). The van der Waals surface area contributed by atoms with Crippen molar-refractivity contribution in [3.8, 4) is 0 Å². The molecule has 0 heterocycles. The summed E-state index contributed by atoms with van der Waals surface area (Å²) in [7, 11) is 0. The summed E-state index contributed by atoms with van der Waals surface area (Å²) in [4.78, 5) is 9.94. The van der Waals surface area contributed by atoms with Gasteiger partial charge in [-0.05, 0) is 17.7 Å². The summed E-state index contributed by atoms with van der Waals surface area (Å²) in [5.41, 5.74) is 0.943. The number of nitro groups is 1. The van der Waals surface area contributed by atoms with E-state index < -0.39 is 16.4 Å². The number of nitro benzene ring substituents is 1. The van der Waals surface area contributed by atoms with Gasteiger partial charge in [0.2, 0.25) is 5.82 Å². The number of hydrogen-bond donors (Lipinski definition) is 0. The van der Waals surface area contributed by atoms with Crippen molar-refractivity contribution >= 4 is 29.1 Å². The lowest BCUT2D eigenvalue weighted by Crippen LogP contribution is -1.96. The van der Waals surface area contributed by atoms with Gasteiger partial charge >= 0.3 is 5.69 Å². The highest BCUT2D eigenvalue weighted by atomic mass is 35.5. The van der Waals surface area contributed by atoms with Crippen molar-refractivity contribution in [3.63, 3.8) is 0 Å². The predicted octanol–water partition coefficient (Wildman–Crippen LogP) is 4.82. The minimum atomic E-state index is -0.749. The van der Waals surface area contributed by atoms with Crippen LogP contribution >= 0.6 is 23.4 Å². The van der Waals surface area contributed by atoms with Gasteiger partial charge in [0.05, 0.1) is 4.92 Å². The molecule has 0 unspecified atom stereocenters. The van der Waals surface area contributed by atoms with E-state index in [2.05, 4.69) is 0 Å². The van der Waals surface area contributed by atoms with Gasteiger partial charge in [0.15, 0.2) is 0 Å². The molecular formula is C14H11ClFNO2S. The number of nitrogens with zero attached hydrogens (tertiary/aromatic N) is 1. The zero-order chi connectivity index (χ0) is 14.5. The van der Waals surface area contributed by atoms with E-state index in [1.54, 1.807) is 18.2 Å². The van der Waals surface area contributed by atoms with Gasteiger partial charge in [-0.3, -0.25) is 10.1 Å². The molecule has 0 saturated heterocycles. The van der Waals surface area contributed by atoms with Gasteiger partial charge in [-0.25, -0.2) is 0 Å². The lowest BCUT2D eigenvalue weighted by atomic mass is 10.2. The van der Waals surface area contributed by atoms with Gasteiger partial charge in [-0.2, -0.15) is 16.2 Å². The van der Waals surface area contributed by atoms with Gasteiger partial charge in [-0.15, -0.1) is 0 Å². The Hall–Kier alpha value is -1.59. The molecule has 104 valence electrons. The Morgan fingerprint density at radius 3 is 2.50 bits per heavy atom. The van der Waals surface area contributed by atoms with Crippen LogP contribution in [0.1, 0.15) is 11.1 Å². The van der Waals surface area contributed by atoms with Crippen molar-refractivity contribution in [2.75, 3.05) is 0 Å². The third-order valence-corrected chi connectivity index (χ3v) is 4.00. The van der Waals surface area contributed by atoms with E-state index in [1.165, 1.54) is 23.9 Å². The first kappa shape index (κ1) is 14.8. The summed E-state index contributed by atoms with van der Waals surface area (Å²) in [5, 5.41) is 11.3. The molecule has 3 nitrogen and oxygen atoms in total. The maximum Gasteiger partial charge on any atom is 0.305 e. The molecule has 6 heteroatoms. The van der Waals surface area contributed by atoms with Crippen LogP contribution in [0.3, 0.4) is 0 Å². The summed E-state index contributed by atoms with van der Waals surface area (Å²) in [6.45, 7) is 0. The van der Waals surface area contributed by atoms with Crippen LogP contribution in [0.4, 0.5) is 10.1 Å². The average Bonchev–Trinajstić information content (AvgIpc) is 2.42. The van der Waals surface area contributed by atoms with Crippen LogP contribution in [0.5, 0.6) is 0 Å². The first-order chi connectivity index (χ1) is 9.58. The zero-order valence-corrected chi connectivity index (χ0v) is 12.0. The fourth-order valence-electron chi connectivity index (χ4n) is 1.68. The van der Waals surface area contributed by atoms with Crippen LogP contribution in [0.25, 0.3) is 0 Å². The molecule has 0 spiro atoms. The molecule has 0 amide bonds. The normalized spacial score (nSPS) is 10.5. The number of thioether (sulfide) groups is 1. The molecule has 20 heavy (non-hydrogen) atoms. The van der Waals surface area contributed by atoms with E-state index in [0.29, 0.717) is 22.1 Å². The first-order valence-corrected chi connectivity index (χ1v) is 7.35. The van der Waals surface area contributed by atoms with Gasteiger partial charge in [0.25, 0.3) is 0 Å². The SMILES string of the molecule is O=[N+]([O-])c1cccc(CSCc2ccc(Cl)cc2)c1F. The Bertz CT molecular complexity index is 619. The van der Waals surface area contributed by atoms with Gasteiger partial charge in [0.1, 0.15) is 0 Å². The summed E-state index contributed by atoms with van der Waals surface area (Å²) >= 11 is 7.28. The molecule has 0 saturated carbocycles. The Morgan fingerprint density at radius 2 is 1.85 bits per heavy atom. The number of rotatable bonds is 5. The molecule has 0 aliphatic heterocycles. The predicted molar refractivity (Wildman–Crippen MR) is 79.5 cm³/mol. The monoisotopic (exact) mass is 311 g/mol. The van der Waals surface area contributed by atoms with Crippen LogP contribution in [0.2, 0.25) is 5.02 Å². The van der Waals surface area contributed by atoms with Gasteiger partial charge < -0.3 is 0 Å². The van der Waals surface area contributed by atoms with E-state index in [-0.39, 0.29) is 0 Å². The average molecular weight is 312 g/mol. The summed E-state index contributed by atoms with van der Waals surface area (Å²) in [6.07, 6.45) is 0. The molecule has 0 aliphatic carbocycles. The van der Waals surface area contributed by atoms with Crippen LogP contribution < -0.4 is 0 Å². The van der Waals surface area contributed by atoms with Crippen molar-refractivity contribution in [2.24, 2.45) is 0 Å². The maximum absolute atomic E-state index is 13.8. The molecule has 0 N–H and O–H groups in total. The summed E-state index contributed by atoms with van der Waals surface area (Å²) < 4.78 is 13.8. The third kappa shape index (κ3) is 3.71. The van der Waals surface area contributed by atoms with Gasteiger partial charge in [0, 0.05) is 28.2 Å². The van der Waals surface area contributed by atoms with Crippen molar-refractivity contribution < 1.29 is 9.31 Å². The lowest BCUT2D eigenvalue weighted by Gasteiger charge is -2.04. The van der Waals surface area contributed by atoms with E-state index >= 15 is 0 Å². The van der Waals surface area contributed by atoms with Crippen LogP contribution in [0, 0.1) is 15.9 Å². The number of hydrogen-bond acceptors (Lipinski definition) is 3. The van der Waals surface area contributed by atoms with Crippen molar-refractivity contribution in [1.29, 1.82) is 0 Å². The van der Waals surface area contributed by atoms with E-state index in [9.17, 15) is 14.5 Å². The maximum atomic E-state index is 13.8. The largest absolute Gasteiger partial charge is 0.305 e. The summed E-state index contributed by atoms with van der Waals surface area (Å²) in [6, 6.07) is 11.6. The Morgan fingerprint density at radius 1 is 1.15 bits per heavy atom. The van der Waals surface area contributed by atoms with Crippen LogP contribution in [-0.4, -0.2) is 4.92 Å². The van der Waals surface area contributed by atoms with Crippen LogP contribution in [0.15, 0.2) is 42.5 Å². The third-order valence-electron chi connectivity index (χ3n) is 2.69. The van der Waals surface area contributed by atoms with Gasteiger partial charge in [-0.1, -0.05) is 35.9 Å². The fourth-order valence-corrected chi connectivity index (χ4v) is 2.78. The first-order valence-electron chi connectivity index (χ1n) is 5.82. The fraction of sp³-hybridized carbons (Fsp3) is 0.143. The molecule has 0 bridgehead atoms. The van der Waals surface area contributed by atoms with Crippen molar-refractivity contribution in [2.45, 2.75) is 11.5 Å². The summed E-state index contributed by atoms with van der Waals surface area (Å²) in [5.74, 6) is 0.330. The van der Waals surface area contributed by atoms with Crippen molar-refractivity contribution in [3.05, 3.63) is 74.5 Å². The standard InChI is InChI=1S/C14H11ClFNO2S/c15-12-6-4-10(5-7-12)8-20-9-11-2-1-3-13(14(11)16)17(18)19/h1-7H,8-9H2. The Labute approximate surface area is 124 Å². The van der Waals surface area contributed by atoms with Crippen molar-refractivity contribution in [1.82, 2.24) is 0 Å². The molecule has 2 aromatic carbocycles. The molecule has 0 aliphatic rings. The molecule has 0 radical (unpaired) electrons. The van der Waals surface area contributed by atoms with E-state index in [1.807, 2.05) is 12.1 Å². The quantitative estimate of drug-likeness (QED) is 0.587. The molecule has 0 fully saturated rings. The second-order valence-electron chi connectivity index (χ2n) is 4.13. The van der Waals surface area contributed by atoms with Crippen LogP contribution in [-0.2, 0) is 11.5 Å². The zero-order valence-electron chi connectivity index (χ0n) is 10.4. The van der Waals surface area contributed by atoms with E-state index in [0.717, 1.165) is 5.56 Å². The second-order valence-corrected chi connectivity index (χ2v) is 5.55. The second kappa shape index (κ2) is 6.72. The number of benzene rings is 2. The smallest absolute Gasteiger partial charge is 0.258 e. The Balaban J connectivity index is 1.99. The molecular weight excluding hydrogens is 301 g/mol. The lowest BCUT2D eigenvalue weighted by molar-refractivity contribution is -0.387. The highest BCUT2D eigenvalue weighted by Gasteiger charge is 2.16. The molecule has 0 atom stereocenters. The molecule has 0 aromatic heterocycles. The topological polar surface area (TPSA) is 43.1 Å². The highest BCUT2D eigenvalue weighted by molar-refractivity contribution is 7.97. The minimum Gasteiger partial charge on any atom is -0.258 e.